The Morgan fingerprint density at radius 2 is 2.04 bits per heavy atom. The van der Waals surface area contributed by atoms with Crippen molar-refractivity contribution in [2.75, 3.05) is 26.2 Å². The van der Waals surface area contributed by atoms with Crippen LogP contribution in [-0.4, -0.2) is 53.8 Å². The van der Waals surface area contributed by atoms with Gasteiger partial charge in [-0.2, -0.15) is 0 Å². The zero-order chi connectivity index (χ0) is 19.3. The molecule has 1 saturated heterocycles. The minimum Gasteiger partial charge on any atom is -0.388 e. The average molecular weight is 380 g/mol. The molecule has 1 unspecified atom stereocenters. The van der Waals surface area contributed by atoms with Crippen molar-refractivity contribution in [3.8, 4) is 0 Å². The van der Waals surface area contributed by atoms with Gasteiger partial charge in [0.25, 0.3) is 0 Å². The smallest absolute Gasteiger partial charge is 0.191 e. The summed E-state index contributed by atoms with van der Waals surface area (Å²) in [5.74, 6) is -0.288. The van der Waals surface area contributed by atoms with Crippen LogP contribution < -0.4 is 10.6 Å². The Balaban J connectivity index is 1.58. The lowest BCUT2D eigenvalue weighted by Gasteiger charge is -2.36. The van der Waals surface area contributed by atoms with Gasteiger partial charge in [-0.1, -0.05) is 6.07 Å². The Bertz CT molecular complexity index is 643. The quantitative estimate of drug-likeness (QED) is 0.524. The predicted octanol–water partition coefficient (Wildman–Crippen LogP) is 2.40. The molecule has 1 atom stereocenters. The highest BCUT2D eigenvalue weighted by molar-refractivity contribution is 5.80. The molecule has 1 aliphatic heterocycles. The summed E-state index contributed by atoms with van der Waals surface area (Å²) in [7, 11) is 0. The minimum absolute atomic E-state index is 0.130. The molecule has 0 spiro atoms. The number of guanidine groups is 1. The van der Waals surface area contributed by atoms with Gasteiger partial charge in [-0.15, -0.1) is 0 Å². The Hall–Kier alpha value is -1.73. The summed E-state index contributed by atoms with van der Waals surface area (Å²) in [6, 6.07) is 4.16. The van der Waals surface area contributed by atoms with Gasteiger partial charge in [-0.3, -0.25) is 9.89 Å². The number of rotatable bonds is 6. The number of aliphatic hydroxyl groups is 1. The molecule has 5 nitrogen and oxygen atoms in total. The summed E-state index contributed by atoms with van der Waals surface area (Å²) in [6.07, 6.45) is 4.60. The fraction of sp³-hybridized carbons (Fsp3) is 0.650. The molecule has 0 bridgehead atoms. The van der Waals surface area contributed by atoms with E-state index in [1.165, 1.54) is 18.2 Å². The number of nitrogens with zero attached hydrogens (tertiary/aromatic N) is 2. The number of aliphatic imine (C=N–C) groups is 1. The van der Waals surface area contributed by atoms with E-state index in [0.717, 1.165) is 45.2 Å². The topological polar surface area (TPSA) is 59.9 Å². The van der Waals surface area contributed by atoms with Crippen LogP contribution in [0.25, 0.3) is 0 Å². The van der Waals surface area contributed by atoms with E-state index in [4.69, 9.17) is 0 Å². The first-order chi connectivity index (χ1) is 13.0. The van der Waals surface area contributed by atoms with E-state index in [1.54, 1.807) is 0 Å². The molecule has 3 rings (SSSR count). The van der Waals surface area contributed by atoms with Crippen molar-refractivity contribution >= 4 is 5.96 Å². The molecule has 2 aliphatic rings. The minimum atomic E-state index is -0.649. The zero-order valence-electron chi connectivity index (χ0n) is 16.0. The molecule has 27 heavy (non-hydrogen) atoms. The van der Waals surface area contributed by atoms with Crippen molar-refractivity contribution < 1.29 is 13.9 Å². The van der Waals surface area contributed by atoms with E-state index in [9.17, 15) is 13.9 Å². The second-order valence-electron chi connectivity index (χ2n) is 7.69. The van der Waals surface area contributed by atoms with Crippen LogP contribution in [0.5, 0.6) is 0 Å². The van der Waals surface area contributed by atoms with E-state index >= 15 is 0 Å². The predicted molar refractivity (Wildman–Crippen MR) is 103 cm³/mol. The summed E-state index contributed by atoms with van der Waals surface area (Å²) in [4.78, 5) is 6.62. The van der Waals surface area contributed by atoms with Crippen molar-refractivity contribution in [3.63, 3.8) is 0 Å². The third-order valence-electron chi connectivity index (χ3n) is 5.45. The van der Waals surface area contributed by atoms with Crippen LogP contribution in [0.4, 0.5) is 8.78 Å². The summed E-state index contributed by atoms with van der Waals surface area (Å²) in [5.41, 5.74) is -0.519. The van der Waals surface area contributed by atoms with Crippen LogP contribution in [0.3, 0.4) is 0 Å². The van der Waals surface area contributed by atoms with Gasteiger partial charge >= 0.3 is 0 Å². The first-order valence-corrected chi connectivity index (χ1v) is 9.91. The summed E-state index contributed by atoms with van der Waals surface area (Å²) in [6.45, 7) is 4.93. The SMILES string of the molecule is CCNC(=NCC1(O)CCC1)NC1CCCN(Cc2c(F)cccc2F)C1. The molecule has 7 heteroatoms. The van der Waals surface area contributed by atoms with Gasteiger partial charge in [-0.25, -0.2) is 8.78 Å². The normalized spacial score (nSPS) is 23.0. The highest BCUT2D eigenvalue weighted by Gasteiger charge is 2.34. The molecule has 0 amide bonds. The van der Waals surface area contributed by atoms with E-state index in [0.29, 0.717) is 19.0 Å². The van der Waals surface area contributed by atoms with Crippen molar-refractivity contribution in [3.05, 3.63) is 35.4 Å². The first-order valence-electron chi connectivity index (χ1n) is 9.91. The van der Waals surface area contributed by atoms with Crippen LogP contribution in [0.1, 0.15) is 44.6 Å². The molecule has 2 fully saturated rings. The molecule has 0 aromatic heterocycles. The highest BCUT2D eigenvalue weighted by Crippen LogP contribution is 2.31. The molecular weight excluding hydrogens is 350 g/mol. The largest absolute Gasteiger partial charge is 0.388 e. The maximum atomic E-state index is 13.9. The van der Waals surface area contributed by atoms with E-state index in [-0.39, 0.29) is 18.2 Å². The van der Waals surface area contributed by atoms with Crippen molar-refractivity contribution in [1.82, 2.24) is 15.5 Å². The fourth-order valence-corrected chi connectivity index (χ4v) is 3.71. The maximum Gasteiger partial charge on any atom is 0.191 e. The van der Waals surface area contributed by atoms with Crippen molar-refractivity contribution in [1.29, 1.82) is 0 Å². The van der Waals surface area contributed by atoms with Crippen LogP contribution in [0.2, 0.25) is 0 Å². The second-order valence-corrected chi connectivity index (χ2v) is 7.69. The lowest BCUT2D eigenvalue weighted by molar-refractivity contribution is -0.0236. The summed E-state index contributed by atoms with van der Waals surface area (Å²) >= 11 is 0. The number of hydrogen-bond donors (Lipinski definition) is 3. The maximum absolute atomic E-state index is 13.9. The van der Waals surface area contributed by atoms with Crippen LogP contribution in [-0.2, 0) is 6.54 Å². The molecule has 1 heterocycles. The van der Waals surface area contributed by atoms with Crippen LogP contribution >= 0.6 is 0 Å². The molecule has 1 saturated carbocycles. The third-order valence-corrected chi connectivity index (χ3v) is 5.45. The molecule has 150 valence electrons. The van der Waals surface area contributed by atoms with Gasteiger partial charge in [-0.05, 0) is 57.7 Å². The number of piperidine rings is 1. The number of likely N-dealkylation sites (tertiary alicyclic amines) is 1. The van der Waals surface area contributed by atoms with Gasteiger partial charge in [0.05, 0.1) is 12.1 Å². The average Bonchev–Trinajstić information content (AvgIpc) is 2.62. The lowest BCUT2D eigenvalue weighted by Crippen LogP contribution is -2.51. The van der Waals surface area contributed by atoms with Gasteiger partial charge in [0.2, 0.25) is 0 Å². The second kappa shape index (κ2) is 8.97. The molecule has 0 radical (unpaired) electrons. The third kappa shape index (κ3) is 5.39. The van der Waals surface area contributed by atoms with Crippen molar-refractivity contribution in [2.45, 2.75) is 57.2 Å². The Morgan fingerprint density at radius 1 is 1.30 bits per heavy atom. The number of hydrogen-bond acceptors (Lipinski definition) is 3. The molecule has 3 N–H and O–H groups in total. The summed E-state index contributed by atoms with van der Waals surface area (Å²) < 4.78 is 27.9. The van der Waals surface area contributed by atoms with Crippen molar-refractivity contribution in [2.24, 2.45) is 4.99 Å². The van der Waals surface area contributed by atoms with E-state index in [1.807, 2.05) is 6.92 Å². The van der Waals surface area contributed by atoms with E-state index in [2.05, 4.69) is 20.5 Å². The summed E-state index contributed by atoms with van der Waals surface area (Å²) in [5, 5.41) is 16.9. The molecule has 1 aromatic rings. The van der Waals surface area contributed by atoms with Gasteiger partial charge in [0.1, 0.15) is 11.6 Å². The molecule has 1 aromatic carbocycles. The Kier molecular flexibility index (Phi) is 6.65. The zero-order valence-corrected chi connectivity index (χ0v) is 16.0. The number of nitrogens with one attached hydrogen (secondary N) is 2. The highest BCUT2D eigenvalue weighted by atomic mass is 19.1. The van der Waals surface area contributed by atoms with E-state index < -0.39 is 17.2 Å². The van der Waals surface area contributed by atoms with Crippen LogP contribution in [0, 0.1) is 11.6 Å². The molecule has 1 aliphatic carbocycles. The number of benzene rings is 1. The monoisotopic (exact) mass is 380 g/mol. The Morgan fingerprint density at radius 3 is 2.67 bits per heavy atom. The number of halogens is 2. The molecular formula is C20H30F2N4O. The van der Waals surface area contributed by atoms with Gasteiger partial charge in [0.15, 0.2) is 5.96 Å². The fourth-order valence-electron chi connectivity index (χ4n) is 3.71. The Labute approximate surface area is 159 Å². The lowest BCUT2D eigenvalue weighted by atomic mass is 9.80. The standard InChI is InChI=1S/C20H30F2N4O/c1-2-23-19(24-14-20(27)9-5-10-20)25-15-6-4-11-26(12-15)13-16-17(21)7-3-8-18(16)22/h3,7-8,15,27H,2,4-6,9-14H2,1H3,(H2,23,24,25). The first kappa shape index (κ1) is 20.0. The van der Waals surface area contributed by atoms with Crippen LogP contribution in [0.15, 0.2) is 23.2 Å². The van der Waals surface area contributed by atoms with Gasteiger partial charge in [0, 0.05) is 31.2 Å². The van der Waals surface area contributed by atoms with Gasteiger partial charge < -0.3 is 15.7 Å².